The average Bonchev–Trinajstić information content (AvgIpc) is 2.44. The van der Waals surface area contributed by atoms with Gasteiger partial charge in [0.25, 0.3) is 0 Å². The van der Waals surface area contributed by atoms with E-state index in [1.165, 1.54) is 0 Å². The van der Waals surface area contributed by atoms with Crippen molar-refractivity contribution in [1.29, 1.82) is 0 Å². The lowest BCUT2D eigenvalue weighted by Crippen LogP contribution is -2.17. The van der Waals surface area contributed by atoms with Gasteiger partial charge in [0.05, 0.1) is 12.0 Å². The molecule has 4 heteroatoms. The fraction of sp³-hybridized carbons (Fsp3) is 0.300. The number of hydrogen-bond acceptors (Lipinski definition) is 2. The van der Waals surface area contributed by atoms with Crippen molar-refractivity contribution in [3.8, 4) is 0 Å². The highest BCUT2D eigenvalue weighted by atomic mass is 35.5. The molecule has 2 N–H and O–H groups in total. The second-order valence-electron chi connectivity index (χ2n) is 3.44. The number of rotatable bonds is 1. The molecule has 0 aromatic heterocycles. The predicted octanol–water partition coefficient (Wildman–Crippen LogP) is 1.63. The molecule has 74 valence electrons. The third-order valence-electron chi connectivity index (χ3n) is 2.56. The van der Waals surface area contributed by atoms with E-state index in [2.05, 4.69) is 0 Å². The van der Waals surface area contributed by atoms with E-state index in [1.807, 2.05) is 0 Å². The van der Waals surface area contributed by atoms with Crippen molar-refractivity contribution in [2.24, 2.45) is 5.92 Å². The number of hydrogen-bond donors (Lipinski definition) is 2. The number of fused-ring (bicyclic) bond motifs is 1. The molecule has 0 aliphatic heterocycles. The van der Waals surface area contributed by atoms with E-state index >= 15 is 0 Å². The van der Waals surface area contributed by atoms with Crippen molar-refractivity contribution in [1.82, 2.24) is 0 Å². The number of halogens is 1. The molecule has 2 rings (SSSR count). The lowest BCUT2D eigenvalue weighted by atomic mass is 10.0. The Morgan fingerprint density at radius 3 is 2.86 bits per heavy atom. The Balaban J connectivity index is 2.41. The van der Waals surface area contributed by atoms with Crippen LogP contribution in [0, 0.1) is 5.92 Å². The Kier molecular flexibility index (Phi) is 2.21. The molecule has 0 saturated carbocycles. The van der Waals surface area contributed by atoms with Crippen molar-refractivity contribution in [3.63, 3.8) is 0 Å². The van der Waals surface area contributed by atoms with E-state index in [0.717, 1.165) is 5.56 Å². The molecular formula is C10H9ClO3. The summed E-state index contributed by atoms with van der Waals surface area (Å²) in [4.78, 5) is 10.8. The number of carbonyl (C=O) groups is 1. The van der Waals surface area contributed by atoms with Crippen LogP contribution in [0.3, 0.4) is 0 Å². The summed E-state index contributed by atoms with van der Waals surface area (Å²) in [6, 6.07) is 5.10. The second kappa shape index (κ2) is 3.26. The maximum Gasteiger partial charge on any atom is 0.309 e. The van der Waals surface area contributed by atoms with Crippen LogP contribution in [0.2, 0.25) is 5.02 Å². The Labute approximate surface area is 85.9 Å². The van der Waals surface area contributed by atoms with Crippen molar-refractivity contribution in [2.45, 2.75) is 12.5 Å². The van der Waals surface area contributed by atoms with Gasteiger partial charge in [0, 0.05) is 5.02 Å². The minimum atomic E-state index is -0.968. The first-order valence-electron chi connectivity index (χ1n) is 4.29. The molecule has 1 aliphatic rings. The van der Waals surface area contributed by atoms with Crippen molar-refractivity contribution >= 4 is 17.6 Å². The molecular weight excluding hydrogens is 204 g/mol. The van der Waals surface area contributed by atoms with Gasteiger partial charge in [-0.3, -0.25) is 4.79 Å². The minimum Gasteiger partial charge on any atom is -0.481 e. The smallest absolute Gasteiger partial charge is 0.309 e. The zero-order valence-electron chi connectivity index (χ0n) is 7.27. The fourth-order valence-corrected chi connectivity index (χ4v) is 2.00. The first-order chi connectivity index (χ1) is 6.59. The van der Waals surface area contributed by atoms with E-state index in [4.69, 9.17) is 16.7 Å². The average molecular weight is 213 g/mol. The van der Waals surface area contributed by atoms with E-state index < -0.39 is 18.0 Å². The van der Waals surface area contributed by atoms with Crippen LogP contribution in [-0.4, -0.2) is 16.2 Å². The third kappa shape index (κ3) is 1.38. The number of carboxylic acids is 1. The summed E-state index contributed by atoms with van der Waals surface area (Å²) >= 11 is 5.76. The van der Waals surface area contributed by atoms with E-state index in [-0.39, 0.29) is 0 Å². The summed E-state index contributed by atoms with van der Waals surface area (Å²) in [7, 11) is 0. The summed E-state index contributed by atoms with van der Waals surface area (Å²) < 4.78 is 0. The molecule has 0 amide bonds. The van der Waals surface area contributed by atoms with E-state index in [9.17, 15) is 9.90 Å². The molecule has 1 aromatic rings. The Morgan fingerprint density at radius 1 is 1.50 bits per heavy atom. The van der Waals surface area contributed by atoms with Crippen molar-refractivity contribution < 1.29 is 15.0 Å². The van der Waals surface area contributed by atoms with Crippen LogP contribution in [-0.2, 0) is 11.2 Å². The van der Waals surface area contributed by atoms with Gasteiger partial charge >= 0.3 is 5.97 Å². The van der Waals surface area contributed by atoms with E-state index in [1.54, 1.807) is 18.2 Å². The zero-order valence-corrected chi connectivity index (χ0v) is 8.03. The largest absolute Gasteiger partial charge is 0.481 e. The number of aliphatic hydroxyl groups is 1. The quantitative estimate of drug-likeness (QED) is 0.744. The highest BCUT2D eigenvalue weighted by Gasteiger charge is 2.35. The van der Waals surface area contributed by atoms with Crippen molar-refractivity contribution in [3.05, 3.63) is 34.3 Å². The molecule has 0 heterocycles. The summed E-state index contributed by atoms with van der Waals surface area (Å²) in [6.07, 6.45) is -0.551. The predicted molar refractivity (Wildman–Crippen MR) is 51.2 cm³/mol. The fourth-order valence-electron chi connectivity index (χ4n) is 1.81. The minimum absolute atomic E-state index is 0.378. The number of aliphatic carboxylic acids is 1. The Morgan fingerprint density at radius 2 is 2.21 bits per heavy atom. The molecule has 14 heavy (non-hydrogen) atoms. The molecule has 0 fully saturated rings. The van der Waals surface area contributed by atoms with Crippen LogP contribution in [0.4, 0.5) is 0 Å². The zero-order chi connectivity index (χ0) is 10.3. The van der Waals surface area contributed by atoms with Crippen LogP contribution in [0.25, 0.3) is 0 Å². The maximum atomic E-state index is 10.8. The first kappa shape index (κ1) is 9.49. The Hall–Kier alpha value is -1.06. The number of carboxylic acid groups (broad SMARTS) is 1. The number of aliphatic hydroxyl groups excluding tert-OH is 1. The summed E-state index contributed by atoms with van der Waals surface area (Å²) in [5.74, 6) is -1.70. The Bertz CT molecular complexity index is 389. The van der Waals surface area contributed by atoms with Crippen LogP contribution in [0.15, 0.2) is 18.2 Å². The molecule has 2 atom stereocenters. The van der Waals surface area contributed by atoms with Gasteiger partial charge in [-0.05, 0) is 29.7 Å². The molecule has 3 nitrogen and oxygen atoms in total. The van der Waals surface area contributed by atoms with Crippen LogP contribution in [0.1, 0.15) is 17.2 Å². The molecule has 0 spiro atoms. The monoisotopic (exact) mass is 212 g/mol. The van der Waals surface area contributed by atoms with Gasteiger partial charge in [0.15, 0.2) is 0 Å². The molecule has 0 radical (unpaired) electrons. The summed E-state index contributed by atoms with van der Waals surface area (Å²) in [6.45, 7) is 0. The topological polar surface area (TPSA) is 57.5 Å². The standard InChI is InChI=1S/C10H9ClO3/c11-6-2-1-5-3-8(10(13)14)9(12)7(5)4-6/h1-2,4,8-9,12H,3H2,(H,13,14). The van der Waals surface area contributed by atoms with Gasteiger partial charge in [-0.1, -0.05) is 17.7 Å². The summed E-state index contributed by atoms with van der Waals surface area (Å²) in [5, 5.41) is 19.1. The van der Waals surface area contributed by atoms with Gasteiger partial charge in [-0.15, -0.1) is 0 Å². The molecule has 1 aromatic carbocycles. The summed E-state index contributed by atoms with van der Waals surface area (Å²) in [5.41, 5.74) is 1.51. The van der Waals surface area contributed by atoms with Gasteiger partial charge < -0.3 is 10.2 Å². The van der Waals surface area contributed by atoms with E-state index in [0.29, 0.717) is 17.0 Å². The normalized spacial score (nSPS) is 24.7. The van der Waals surface area contributed by atoms with Gasteiger partial charge in [-0.25, -0.2) is 0 Å². The van der Waals surface area contributed by atoms with Crippen LogP contribution < -0.4 is 0 Å². The lowest BCUT2D eigenvalue weighted by molar-refractivity contribution is -0.145. The van der Waals surface area contributed by atoms with Gasteiger partial charge in [0.2, 0.25) is 0 Å². The molecule has 2 unspecified atom stereocenters. The highest BCUT2D eigenvalue weighted by molar-refractivity contribution is 6.30. The van der Waals surface area contributed by atoms with Gasteiger partial charge in [0.1, 0.15) is 0 Å². The third-order valence-corrected chi connectivity index (χ3v) is 2.80. The SMILES string of the molecule is O=C(O)C1Cc2ccc(Cl)cc2C1O. The maximum absolute atomic E-state index is 10.8. The molecule has 1 aliphatic carbocycles. The highest BCUT2D eigenvalue weighted by Crippen LogP contribution is 2.37. The number of benzene rings is 1. The lowest BCUT2D eigenvalue weighted by Gasteiger charge is -2.09. The van der Waals surface area contributed by atoms with Crippen molar-refractivity contribution in [2.75, 3.05) is 0 Å². The second-order valence-corrected chi connectivity index (χ2v) is 3.87. The van der Waals surface area contributed by atoms with Crippen LogP contribution in [0.5, 0.6) is 0 Å². The van der Waals surface area contributed by atoms with Crippen LogP contribution >= 0.6 is 11.6 Å². The molecule has 0 bridgehead atoms. The molecule has 0 saturated heterocycles. The first-order valence-corrected chi connectivity index (χ1v) is 4.66. The van der Waals surface area contributed by atoms with Gasteiger partial charge in [-0.2, -0.15) is 0 Å².